The van der Waals surface area contributed by atoms with Crippen molar-refractivity contribution < 1.29 is 8.83 Å². The van der Waals surface area contributed by atoms with Gasteiger partial charge in [0.2, 0.25) is 11.8 Å². The highest BCUT2D eigenvalue weighted by Gasteiger charge is 2.20. The standard InChI is InChI=1S/C26H16N8O2/c1-2-17(23-31-33-25(35-23)19-6-4-15-8-10-27-13-21(15)29-19)12-18(3-1)24-32-34-26(36-24)20-7-5-16-9-11-28-14-22(16)30-20/h1-4,6,8-14H,5,7H2. The molecule has 0 spiro atoms. The van der Waals surface area contributed by atoms with Crippen LogP contribution in [0.5, 0.6) is 0 Å². The van der Waals surface area contributed by atoms with Gasteiger partial charge in [0.25, 0.3) is 11.8 Å². The highest BCUT2D eigenvalue weighted by atomic mass is 16.4. The summed E-state index contributed by atoms with van der Waals surface area (Å²) < 4.78 is 11.9. The van der Waals surface area contributed by atoms with Crippen LogP contribution in [0.15, 0.2) is 87.1 Å². The molecular weight excluding hydrogens is 456 g/mol. The van der Waals surface area contributed by atoms with Gasteiger partial charge in [0.15, 0.2) is 0 Å². The van der Waals surface area contributed by atoms with Crippen LogP contribution in [0.4, 0.5) is 5.69 Å². The number of pyridine rings is 3. The molecule has 7 rings (SSSR count). The second kappa shape index (κ2) is 8.27. The number of benzene rings is 1. The summed E-state index contributed by atoms with van der Waals surface area (Å²) in [5, 5.41) is 17.8. The van der Waals surface area contributed by atoms with E-state index in [1.54, 1.807) is 24.8 Å². The molecule has 0 fully saturated rings. The molecule has 172 valence electrons. The summed E-state index contributed by atoms with van der Waals surface area (Å²) in [6.45, 7) is 0. The molecule has 6 aromatic rings. The van der Waals surface area contributed by atoms with E-state index >= 15 is 0 Å². The van der Waals surface area contributed by atoms with Gasteiger partial charge in [-0.05, 0) is 54.8 Å². The van der Waals surface area contributed by atoms with Crippen LogP contribution in [0.1, 0.15) is 17.9 Å². The lowest BCUT2D eigenvalue weighted by molar-refractivity contribution is 0.555. The highest BCUT2D eigenvalue weighted by Crippen LogP contribution is 2.30. The van der Waals surface area contributed by atoms with Gasteiger partial charge < -0.3 is 8.83 Å². The Kier molecular flexibility index (Phi) is 4.66. The first-order chi connectivity index (χ1) is 17.8. The van der Waals surface area contributed by atoms with Gasteiger partial charge in [0, 0.05) is 28.9 Å². The Hall–Kier alpha value is -5.12. The molecular formula is C26H16N8O2. The van der Waals surface area contributed by atoms with E-state index in [4.69, 9.17) is 8.83 Å². The Labute approximate surface area is 203 Å². The van der Waals surface area contributed by atoms with Crippen LogP contribution >= 0.6 is 0 Å². The number of rotatable bonds is 4. The lowest BCUT2D eigenvalue weighted by Gasteiger charge is -2.11. The molecule has 0 amide bonds. The van der Waals surface area contributed by atoms with Crippen molar-refractivity contribution in [2.75, 3.05) is 0 Å². The largest absolute Gasteiger partial charge is 0.415 e. The first-order valence-corrected chi connectivity index (χ1v) is 11.3. The average molecular weight is 472 g/mol. The zero-order chi connectivity index (χ0) is 23.9. The van der Waals surface area contributed by atoms with E-state index in [0.717, 1.165) is 51.8 Å². The number of hydrogen-bond acceptors (Lipinski definition) is 10. The Morgan fingerprint density at radius 1 is 0.667 bits per heavy atom. The summed E-state index contributed by atoms with van der Waals surface area (Å²) in [6.07, 6.45) is 8.53. The fourth-order valence-corrected chi connectivity index (χ4v) is 4.11. The minimum Gasteiger partial charge on any atom is -0.415 e. The molecule has 0 radical (unpaired) electrons. The van der Waals surface area contributed by atoms with Crippen molar-refractivity contribution in [1.82, 2.24) is 35.3 Å². The Morgan fingerprint density at radius 2 is 1.42 bits per heavy atom. The van der Waals surface area contributed by atoms with E-state index in [9.17, 15) is 0 Å². The summed E-state index contributed by atoms with van der Waals surface area (Å²) in [7, 11) is 0. The maximum atomic E-state index is 5.97. The van der Waals surface area contributed by atoms with E-state index in [-0.39, 0.29) is 0 Å². The topological polar surface area (TPSA) is 129 Å². The van der Waals surface area contributed by atoms with E-state index in [0.29, 0.717) is 29.3 Å². The summed E-state index contributed by atoms with van der Waals surface area (Å²) >= 11 is 0. The molecule has 0 aliphatic carbocycles. The molecule has 10 nitrogen and oxygen atoms in total. The van der Waals surface area contributed by atoms with Gasteiger partial charge in [-0.3, -0.25) is 9.97 Å². The average Bonchev–Trinajstić information content (AvgIpc) is 3.64. The molecule has 0 atom stereocenters. The predicted octanol–water partition coefficient (Wildman–Crippen LogP) is 4.86. The first kappa shape index (κ1) is 20.3. The number of fused-ring (bicyclic) bond motifs is 2. The monoisotopic (exact) mass is 472 g/mol. The molecule has 0 saturated carbocycles. The third-order valence-corrected chi connectivity index (χ3v) is 5.94. The fourth-order valence-electron chi connectivity index (χ4n) is 4.11. The number of aromatic nitrogens is 7. The van der Waals surface area contributed by atoms with Crippen LogP contribution < -0.4 is 0 Å². The van der Waals surface area contributed by atoms with E-state index in [2.05, 4.69) is 40.3 Å². The first-order valence-electron chi connectivity index (χ1n) is 11.3. The molecule has 36 heavy (non-hydrogen) atoms. The van der Waals surface area contributed by atoms with Crippen molar-refractivity contribution in [3.63, 3.8) is 0 Å². The third-order valence-electron chi connectivity index (χ3n) is 5.94. The summed E-state index contributed by atoms with van der Waals surface area (Å²) in [4.78, 5) is 17.5. The second-order valence-corrected chi connectivity index (χ2v) is 8.23. The van der Waals surface area contributed by atoms with E-state index in [1.807, 2.05) is 48.5 Å². The molecule has 1 aliphatic rings. The molecule has 0 saturated heterocycles. The van der Waals surface area contributed by atoms with Crippen LogP contribution in [-0.2, 0) is 6.42 Å². The summed E-state index contributed by atoms with van der Waals surface area (Å²) in [5.74, 6) is 1.48. The van der Waals surface area contributed by atoms with Crippen LogP contribution in [0.2, 0.25) is 0 Å². The van der Waals surface area contributed by atoms with Crippen LogP contribution in [0.3, 0.4) is 0 Å². The molecule has 0 unspecified atom stereocenters. The minimum absolute atomic E-state index is 0.325. The van der Waals surface area contributed by atoms with Crippen LogP contribution in [0.25, 0.3) is 45.4 Å². The van der Waals surface area contributed by atoms with E-state index < -0.39 is 0 Å². The SMILES string of the molecule is c1cc(-c2nnc(C3=Nc4cnccc4CC3)o2)cc(-c2nnc(-c3ccc4ccncc4n3)o2)c1. The third kappa shape index (κ3) is 3.61. The lowest BCUT2D eigenvalue weighted by Crippen LogP contribution is -2.08. The van der Waals surface area contributed by atoms with Gasteiger partial charge >= 0.3 is 0 Å². The predicted molar refractivity (Wildman–Crippen MR) is 130 cm³/mol. The van der Waals surface area contributed by atoms with Crippen molar-refractivity contribution in [2.24, 2.45) is 4.99 Å². The molecule has 1 aliphatic heterocycles. The minimum atomic E-state index is 0.325. The molecule has 0 N–H and O–H groups in total. The van der Waals surface area contributed by atoms with Crippen molar-refractivity contribution in [1.29, 1.82) is 0 Å². The maximum absolute atomic E-state index is 5.97. The maximum Gasteiger partial charge on any atom is 0.266 e. The summed E-state index contributed by atoms with van der Waals surface area (Å²) in [5.41, 5.74) is 5.55. The van der Waals surface area contributed by atoms with Gasteiger partial charge in [0.1, 0.15) is 11.4 Å². The van der Waals surface area contributed by atoms with E-state index in [1.165, 1.54) is 0 Å². The van der Waals surface area contributed by atoms with Gasteiger partial charge in [0.05, 0.1) is 23.6 Å². The van der Waals surface area contributed by atoms with Crippen molar-refractivity contribution in [3.05, 3.63) is 84.8 Å². The van der Waals surface area contributed by atoms with Gasteiger partial charge in [-0.1, -0.05) is 12.1 Å². The van der Waals surface area contributed by atoms with Crippen LogP contribution in [0, 0.1) is 0 Å². The van der Waals surface area contributed by atoms with Crippen LogP contribution in [-0.4, -0.2) is 41.1 Å². The molecule has 5 aromatic heterocycles. The molecule has 10 heteroatoms. The Balaban J connectivity index is 1.17. The van der Waals surface area contributed by atoms with Crippen molar-refractivity contribution >= 4 is 22.3 Å². The zero-order valence-electron chi connectivity index (χ0n) is 18.7. The zero-order valence-corrected chi connectivity index (χ0v) is 18.7. The van der Waals surface area contributed by atoms with Gasteiger partial charge in [-0.25, -0.2) is 9.98 Å². The number of aliphatic imine (C=N–C) groups is 1. The summed E-state index contributed by atoms with van der Waals surface area (Å²) in [6, 6.07) is 15.2. The molecule has 6 heterocycles. The van der Waals surface area contributed by atoms with Gasteiger partial charge in [-0.2, -0.15) is 0 Å². The molecule has 1 aromatic carbocycles. The number of nitrogens with zero attached hydrogens (tertiary/aromatic N) is 8. The number of hydrogen-bond donors (Lipinski definition) is 0. The van der Waals surface area contributed by atoms with Crippen molar-refractivity contribution in [2.45, 2.75) is 12.8 Å². The highest BCUT2D eigenvalue weighted by molar-refractivity contribution is 5.99. The normalized spacial score (nSPS) is 12.9. The smallest absolute Gasteiger partial charge is 0.266 e. The Morgan fingerprint density at radius 3 is 2.31 bits per heavy atom. The van der Waals surface area contributed by atoms with Crippen molar-refractivity contribution in [3.8, 4) is 34.5 Å². The lowest BCUT2D eigenvalue weighted by atomic mass is 10.0. The number of aryl methyl sites for hydroxylation is 1. The van der Waals surface area contributed by atoms with Gasteiger partial charge in [-0.15, -0.1) is 20.4 Å². The quantitative estimate of drug-likeness (QED) is 0.353. The molecule has 0 bridgehead atoms. The fraction of sp³-hybridized carbons (Fsp3) is 0.0769. The Bertz CT molecular complexity index is 1770. The second-order valence-electron chi connectivity index (χ2n) is 8.23.